The van der Waals surface area contributed by atoms with Gasteiger partial charge in [0.25, 0.3) is 5.91 Å². The van der Waals surface area contributed by atoms with Crippen LogP contribution in [-0.4, -0.2) is 35.5 Å². The van der Waals surface area contributed by atoms with Gasteiger partial charge in [-0.2, -0.15) is 5.10 Å². The molecule has 1 aromatic heterocycles. The highest BCUT2D eigenvalue weighted by Crippen LogP contribution is 2.17. The zero-order valence-corrected chi connectivity index (χ0v) is 13.9. The average molecular weight is 329 g/mol. The Morgan fingerprint density at radius 2 is 2.08 bits per heavy atom. The van der Waals surface area contributed by atoms with E-state index in [-0.39, 0.29) is 12.5 Å². The van der Waals surface area contributed by atoms with Crippen LogP contribution in [0.25, 0.3) is 0 Å². The minimum Gasteiger partial charge on any atom is -0.484 e. The second-order valence-electron chi connectivity index (χ2n) is 6.16. The number of anilines is 1. The van der Waals surface area contributed by atoms with Gasteiger partial charge in [-0.05, 0) is 37.8 Å². The molecule has 1 aliphatic heterocycles. The van der Waals surface area contributed by atoms with E-state index >= 15 is 0 Å². The van der Waals surface area contributed by atoms with Crippen LogP contribution < -0.4 is 10.1 Å². The van der Waals surface area contributed by atoms with Gasteiger partial charge < -0.3 is 14.8 Å². The van der Waals surface area contributed by atoms with E-state index in [1.54, 1.807) is 6.20 Å². The molecular formula is C18H23N3O3. The largest absolute Gasteiger partial charge is 0.484 e. The van der Waals surface area contributed by atoms with Crippen LogP contribution in [0.3, 0.4) is 0 Å². The van der Waals surface area contributed by atoms with Gasteiger partial charge in [0.1, 0.15) is 5.75 Å². The van der Waals surface area contributed by atoms with E-state index in [0.717, 1.165) is 38.2 Å². The summed E-state index contributed by atoms with van der Waals surface area (Å²) in [6.45, 7) is 4.50. The van der Waals surface area contributed by atoms with Crippen LogP contribution >= 0.6 is 0 Å². The van der Waals surface area contributed by atoms with Crippen LogP contribution in [0.4, 0.5) is 5.69 Å². The van der Waals surface area contributed by atoms with Crippen LogP contribution in [0, 0.1) is 12.8 Å². The summed E-state index contributed by atoms with van der Waals surface area (Å²) >= 11 is 0. The summed E-state index contributed by atoms with van der Waals surface area (Å²) in [5.74, 6) is 1.08. The van der Waals surface area contributed by atoms with Crippen molar-refractivity contribution in [2.45, 2.75) is 26.3 Å². The number of aromatic nitrogens is 2. The maximum Gasteiger partial charge on any atom is 0.262 e. The van der Waals surface area contributed by atoms with Crippen molar-refractivity contribution in [3.63, 3.8) is 0 Å². The van der Waals surface area contributed by atoms with Crippen molar-refractivity contribution < 1.29 is 14.3 Å². The van der Waals surface area contributed by atoms with Crippen molar-refractivity contribution in [1.29, 1.82) is 0 Å². The van der Waals surface area contributed by atoms with Crippen molar-refractivity contribution in [2.24, 2.45) is 5.92 Å². The van der Waals surface area contributed by atoms with Gasteiger partial charge in [0.15, 0.2) is 6.61 Å². The number of hydrogen-bond acceptors (Lipinski definition) is 4. The van der Waals surface area contributed by atoms with E-state index in [4.69, 9.17) is 9.47 Å². The number of nitrogens with zero attached hydrogens (tertiary/aromatic N) is 2. The number of ether oxygens (including phenoxy) is 2. The van der Waals surface area contributed by atoms with E-state index in [1.165, 1.54) is 0 Å². The van der Waals surface area contributed by atoms with Gasteiger partial charge in [0, 0.05) is 26.0 Å². The molecule has 128 valence electrons. The Balaban J connectivity index is 1.45. The molecule has 24 heavy (non-hydrogen) atoms. The summed E-state index contributed by atoms with van der Waals surface area (Å²) in [7, 11) is 0. The molecule has 2 heterocycles. The number of aryl methyl sites for hydroxylation is 1. The zero-order valence-electron chi connectivity index (χ0n) is 13.9. The standard InChI is InChI=1S/C18H23N3O3/c1-14-2-4-17(5-3-14)24-13-18(22)20-16-10-19-21(12-16)11-15-6-8-23-9-7-15/h2-5,10,12,15H,6-9,11,13H2,1H3,(H,20,22). The quantitative estimate of drug-likeness (QED) is 0.885. The van der Waals surface area contributed by atoms with Crippen LogP contribution in [0.1, 0.15) is 18.4 Å². The molecule has 1 aromatic carbocycles. The lowest BCUT2D eigenvalue weighted by atomic mass is 10.0. The summed E-state index contributed by atoms with van der Waals surface area (Å²) < 4.78 is 12.7. The monoisotopic (exact) mass is 329 g/mol. The average Bonchev–Trinajstić information content (AvgIpc) is 3.02. The van der Waals surface area contributed by atoms with Gasteiger partial charge in [0.05, 0.1) is 11.9 Å². The summed E-state index contributed by atoms with van der Waals surface area (Å²) in [6.07, 6.45) is 5.65. The molecule has 0 spiro atoms. The van der Waals surface area contributed by atoms with Crippen LogP contribution in [-0.2, 0) is 16.1 Å². The van der Waals surface area contributed by atoms with E-state index in [2.05, 4.69) is 10.4 Å². The van der Waals surface area contributed by atoms with Gasteiger partial charge in [-0.15, -0.1) is 0 Å². The van der Waals surface area contributed by atoms with Gasteiger partial charge in [-0.1, -0.05) is 17.7 Å². The molecule has 6 nitrogen and oxygen atoms in total. The molecule has 3 rings (SSSR count). The fraction of sp³-hybridized carbons (Fsp3) is 0.444. The number of rotatable bonds is 6. The lowest BCUT2D eigenvalue weighted by molar-refractivity contribution is -0.118. The van der Waals surface area contributed by atoms with Crippen molar-refractivity contribution in [3.8, 4) is 5.75 Å². The molecule has 0 saturated carbocycles. The summed E-state index contributed by atoms with van der Waals surface area (Å²) in [5.41, 5.74) is 1.85. The van der Waals surface area contributed by atoms with Crippen LogP contribution in [0.2, 0.25) is 0 Å². The van der Waals surface area contributed by atoms with E-state index in [1.807, 2.05) is 42.1 Å². The topological polar surface area (TPSA) is 65.4 Å². The molecule has 6 heteroatoms. The number of hydrogen-bond donors (Lipinski definition) is 1. The Labute approximate surface area is 141 Å². The molecule has 0 bridgehead atoms. The molecule has 0 aliphatic carbocycles. The third kappa shape index (κ3) is 4.83. The van der Waals surface area contributed by atoms with E-state index < -0.39 is 0 Å². The van der Waals surface area contributed by atoms with Gasteiger partial charge in [-0.25, -0.2) is 0 Å². The highest BCUT2D eigenvalue weighted by Gasteiger charge is 2.15. The minimum absolute atomic E-state index is 0.0196. The molecule has 2 aromatic rings. The molecule has 0 atom stereocenters. The first kappa shape index (κ1) is 16.5. The third-order valence-corrected chi connectivity index (χ3v) is 4.09. The Morgan fingerprint density at radius 1 is 1.33 bits per heavy atom. The second kappa shape index (κ2) is 7.97. The summed E-state index contributed by atoms with van der Waals surface area (Å²) in [5, 5.41) is 7.12. The van der Waals surface area contributed by atoms with Crippen LogP contribution in [0.5, 0.6) is 5.75 Å². The van der Waals surface area contributed by atoms with Crippen molar-refractivity contribution >= 4 is 11.6 Å². The number of amides is 1. The first-order valence-electron chi connectivity index (χ1n) is 8.28. The first-order chi connectivity index (χ1) is 11.7. The van der Waals surface area contributed by atoms with Crippen molar-refractivity contribution in [1.82, 2.24) is 9.78 Å². The molecule has 0 unspecified atom stereocenters. The predicted octanol–water partition coefficient (Wildman–Crippen LogP) is 2.64. The smallest absolute Gasteiger partial charge is 0.262 e. The van der Waals surface area contributed by atoms with Crippen LogP contribution in [0.15, 0.2) is 36.7 Å². The molecule has 1 amide bonds. The normalized spacial score (nSPS) is 15.2. The lowest BCUT2D eigenvalue weighted by Gasteiger charge is -2.21. The van der Waals surface area contributed by atoms with Gasteiger partial charge in [-0.3, -0.25) is 9.48 Å². The summed E-state index contributed by atoms with van der Waals surface area (Å²) in [6, 6.07) is 7.62. The minimum atomic E-state index is -0.193. The fourth-order valence-electron chi connectivity index (χ4n) is 2.70. The predicted molar refractivity (Wildman–Crippen MR) is 91.1 cm³/mol. The molecule has 0 radical (unpaired) electrons. The lowest BCUT2D eigenvalue weighted by Crippen LogP contribution is -2.21. The van der Waals surface area contributed by atoms with Crippen molar-refractivity contribution in [2.75, 3.05) is 25.1 Å². The number of benzene rings is 1. The second-order valence-corrected chi connectivity index (χ2v) is 6.16. The molecule has 1 aliphatic rings. The zero-order chi connectivity index (χ0) is 16.8. The number of carbonyl (C=O) groups is 1. The molecule has 1 saturated heterocycles. The molecular weight excluding hydrogens is 306 g/mol. The maximum atomic E-state index is 12.0. The first-order valence-corrected chi connectivity index (χ1v) is 8.28. The Bertz CT molecular complexity index is 660. The van der Waals surface area contributed by atoms with E-state index in [0.29, 0.717) is 17.4 Å². The Kier molecular flexibility index (Phi) is 5.48. The number of carbonyl (C=O) groups excluding carboxylic acids is 1. The van der Waals surface area contributed by atoms with Gasteiger partial charge >= 0.3 is 0 Å². The highest BCUT2D eigenvalue weighted by atomic mass is 16.5. The summed E-state index contributed by atoms with van der Waals surface area (Å²) in [4.78, 5) is 12.0. The number of nitrogens with one attached hydrogen (secondary N) is 1. The highest BCUT2D eigenvalue weighted by molar-refractivity contribution is 5.91. The molecule has 1 N–H and O–H groups in total. The Morgan fingerprint density at radius 3 is 2.83 bits per heavy atom. The SMILES string of the molecule is Cc1ccc(OCC(=O)Nc2cnn(CC3CCOCC3)c2)cc1. The third-order valence-electron chi connectivity index (χ3n) is 4.09. The fourth-order valence-corrected chi connectivity index (χ4v) is 2.70. The molecule has 1 fully saturated rings. The maximum absolute atomic E-state index is 12.0. The van der Waals surface area contributed by atoms with Crippen molar-refractivity contribution in [3.05, 3.63) is 42.2 Å². The van der Waals surface area contributed by atoms with E-state index in [9.17, 15) is 4.79 Å². The van der Waals surface area contributed by atoms with Gasteiger partial charge in [0.2, 0.25) is 0 Å². The Hall–Kier alpha value is -2.34.